The molecule has 2 aliphatic heterocycles. The fraction of sp³-hybridized carbons (Fsp3) is 0.579. The molecule has 4 nitrogen and oxygen atoms in total. The van der Waals surface area contributed by atoms with Crippen LogP contribution < -0.4 is 4.90 Å². The Morgan fingerprint density at radius 3 is 2.50 bits per heavy atom. The quantitative estimate of drug-likeness (QED) is 0.668. The van der Waals surface area contributed by atoms with Gasteiger partial charge in [-0.15, -0.1) is 11.3 Å². The van der Waals surface area contributed by atoms with Crippen LogP contribution in [0.4, 0.5) is 0 Å². The number of imide groups is 1. The third-order valence-corrected chi connectivity index (χ3v) is 7.28. The van der Waals surface area contributed by atoms with Crippen LogP contribution in [-0.2, 0) is 16.0 Å². The molecule has 0 aromatic carbocycles. The van der Waals surface area contributed by atoms with Crippen molar-refractivity contribution in [1.29, 1.82) is 0 Å². The first-order valence-corrected chi connectivity index (χ1v) is 10.0. The van der Waals surface area contributed by atoms with E-state index in [1.54, 1.807) is 4.90 Å². The van der Waals surface area contributed by atoms with E-state index >= 15 is 0 Å². The maximum atomic E-state index is 12.8. The number of fused-ring (bicyclic) bond motifs is 2. The molecule has 4 aliphatic rings. The largest absolute Gasteiger partial charge is 0.311 e. The van der Waals surface area contributed by atoms with Crippen molar-refractivity contribution in [2.45, 2.75) is 38.1 Å². The van der Waals surface area contributed by atoms with E-state index < -0.39 is 0 Å². The molecule has 1 aromatic heterocycles. The van der Waals surface area contributed by atoms with Gasteiger partial charge in [-0.2, -0.15) is 0 Å². The van der Waals surface area contributed by atoms with Gasteiger partial charge in [0.2, 0.25) is 11.8 Å². The van der Waals surface area contributed by atoms with Gasteiger partial charge < -0.3 is 4.90 Å². The van der Waals surface area contributed by atoms with Crippen molar-refractivity contribution < 1.29 is 14.5 Å². The van der Waals surface area contributed by atoms with E-state index in [1.807, 2.05) is 11.3 Å². The summed E-state index contributed by atoms with van der Waals surface area (Å²) in [5, 5.41) is 2.20. The molecule has 2 fully saturated rings. The molecule has 0 radical (unpaired) electrons. The zero-order chi connectivity index (χ0) is 16.3. The van der Waals surface area contributed by atoms with Crippen molar-refractivity contribution >= 4 is 23.2 Å². The SMILES string of the molecule is O=C1[C@H]2CC=CC[C@H]2C(=O)N1C[NH+]1CCc2sccc2[C@@H]1C1CC1. The summed E-state index contributed by atoms with van der Waals surface area (Å²) in [6.07, 6.45) is 9.27. The van der Waals surface area contributed by atoms with E-state index in [1.165, 1.54) is 28.2 Å². The second-order valence-electron chi connectivity index (χ2n) is 7.69. The number of allylic oxidation sites excluding steroid dienone is 2. The molecule has 2 aliphatic carbocycles. The molecule has 24 heavy (non-hydrogen) atoms. The van der Waals surface area contributed by atoms with E-state index in [4.69, 9.17) is 0 Å². The maximum Gasteiger partial charge on any atom is 0.237 e. The highest BCUT2D eigenvalue weighted by Crippen LogP contribution is 2.43. The summed E-state index contributed by atoms with van der Waals surface area (Å²) in [7, 11) is 0. The second kappa shape index (κ2) is 5.53. The van der Waals surface area contributed by atoms with Crippen LogP contribution in [0.2, 0.25) is 0 Å². The van der Waals surface area contributed by atoms with Gasteiger partial charge in [-0.1, -0.05) is 12.2 Å². The number of nitrogens with one attached hydrogen (secondary N) is 1. The molecule has 1 unspecified atom stereocenters. The van der Waals surface area contributed by atoms with Crippen LogP contribution in [0, 0.1) is 17.8 Å². The third-order valence-electron chi connectivity index (χ3n) is 6.28. The molecular weight excluding hydrogens is 320 g/mol. The minimum Gasteiger partial charge on any atom is -0.311 e. The van der Waals surface area contributed by atoms with Crippen LogP contribution in [0.1, 0.15) is 42.2 Å². The molecule has 2 amide bonds. The molecule has 1 N–H and O–H groups in total. The number of rotatable bonds is 3. The van der Waals surface area contributed by atoms with Crippen molar-refractivity contribution in [3.8, 4) is 0 Å². The number of hydrogen-bond donors (Lipinski definition) is 1. The van der Waals surface area contributed by atoms with Crippen molar-refractivity contribution in [3.05, 3.63) is 34.0 Å². The lowest BCUT2D eigenvalue weighted by atomic mass is 9.85. The smallest absolute Gasteiger partial charge is 0.237 e. The van der Waals surface area contributed by atoms with Gasteiger partial charge in [0.25, 0.3) is 0 Å². The standard InChI is InChI=1S/C19H22N2O2S/c22-18-13-3-1-2-4-14(13)19(23)21(18)11-20-9-7-16-15(8-10-24-16)17(20)12-5-6-12/h1-2,8,10,12-14,17H,3-7,9,11H2/p+1/t13-,14+,17-/m0/s1. The lowest BCUT2D eigenvalue weighted by Crippen LogP contribution is -3.15. The summed E-state index contributed by atoms with van der Waals surface area (Å²) in [6.45, 7) is 1.61. The summed E-state index contributed by atoms with van der Waals surface area (Å²) in [6, 6.07) is 2.76. The van der Waals surface area contributed by atoms with Crippen LogP contribution in [0.5, 0.6) is 0 Å². The van der Waals surface area contributed by atoms with Gasteiger partial charge in [0.05, 0.1) is 18.4 Å². The van der Waals surface area contributed by atoms with Crippen molar-refractivity contribution in [2.75, 3.05) is 13.2 Å². The number of carbonyl (C=O) groups excluding carboxylic acids is 2. The van der Waals surface area contributed by atoms with E-state index in [0.717, 1.165) is 31.7 Å². The number of nitrogens with zero attached hydrogens (tertiary/aromatic N) is 1. The Morgan fingerprint density at radius 2 is 1.83 bits per heavy atom. The number of carbonyl (C=O) groups is 2. The summed E-state index contributed by atoms with van der Waals surface area (Å²) >= 11 is 1.87. The number of quaternary nitrogens is 1. The van der Waals surface area contributed by atoms with Crippen LogP contribution >= 0.6 is 11.3 Å². The van der Waals surface area contributed by atoms with Gasteiger partial charge >= 0.3 is 0 Å². The fourth-order valence-corrected chi connectivity index (χ4v) is 5.83. The van der Waals surface area contributed by atoms with Crippen LogP contribution in [0.25, 0.3) is 0 Å². The van der Waals surface area contributed by atoms with Crippen LogP contribution in [0.15, 0.2) is 23.6 Å². The Hall–Kier alpha value is -1.46. The van der Waals surface area contributed by atoms with Crippen molar-refractivity contribution in [1.82, 2.24) is 4.90 Å². The molecule has 5 rings (SSSR count). The Labute approximate surface area is 146 Å². The average Bonchev–Trinajstić information content (AvgIpc) is 3.28. The minimum absolute atomic E-state index is 0.0764. The third kappa shape index (κ3) is 2.21. The van der Waals surface area contributed by atoms with Crippen molar-refractivity contribution in [3.63, 3.8) is 0 Å². The summed E-state index contributed by atoms with van der Waals surface area (Å²) in [5.74, 6) is 0.705. The highest BCUT2D eigenvalue weighted by Gasteiger charge is 2.50. The Morgan fingerprint density at radius 1 is 1.12 bits per heavy atom. The lowest BCUT2D eigenvalue weighted by Gasteiger charge is -2.35. The van der Waals surface area contributed by atoms with Crippen LogP contribution in [-0.4, -0.2) is 29.9 Å². The first kappa shape index (κ1) is 14.8. The monoisotopic (exact) mass is 343 g/mol. The van der Waals surface area contributed by atoms with Gasteiger partial charge in [-0.3, -0.25) is 9.59 Å². The zero-order valence-corrected chi connectivity index (χ0v) is 14.6. The van der Waals surface area contributed by atoms with Gasteiger partial charge in [0.15, 0.2) is 6.67 Å². The molecule has 126 valence electrons. The number of thiophene rings is 1. The maximum absolute atomic E-state index is 12.8. The molecule has 1 saturated heterocycles. The second-order valence-corrected chi connectivity index (χ2v) is 8.69. The molecule has 3 heterocycles. The number of amides is 2. The first-order chi connectivity index (χ1) is 11.7. The van der Waals surface area contributed by atoms with Gasteiger partial charge in [-0.05, 0) is 37.1 Å². The van der Waals surface area contributed by atoms with Gasteiger partial charge in [-0.25, -0.2) is 4.90 Å². The van der Waals surface area contributed by atoms with E-state index in [0.29, 0.717) is 12.7 Å². The summed E-state index contributed by atoms with van der Waals surface area (Å²) in [5.41, 5.74) is 1.49. The average molecular weight is 343 g/mol. The fourth-order valence-electron chi connectivity index (χ4n) is 4.90. The molecule has 4 atom stereocenters. The molecule has 0 spiro atoms. The molecule has 5 heteroatoms. The number of likely N-dealkylation sites (tertiary alicyclic amines) is 1. The Kier molecular flexibility index (Phi) is 3.42. The predicted octanol–water partition coefficient (Wildman–Crippen LogP) is 1.55. The lowest BCUT2D eigenvalue weighted by molar-refractivity contribution is -0.943. The van der Waals surface area contributed by atoms with Gasteiger partial charge in [0, 0.05) is 22.8 Å². The molecule has 1 saturated carbocycles. The predicted molar refractivity (Wildman–Crippen MR) is 91.4 cm³/mol. The highest BCUT2D eigenvalue weighted by atomic mass is 32.1. The van der Waals surface area contributed by atoms with E-state index in [2.05, 4.69) is 23.6 Å². The van der Waals surface area contributed by atoms with E-state index in [-0.39, 0.29) is 23.7 Å². The first-order valence-electron chi connectivity index (χ1n) is 9.15. The van der Waals surface area contributed by atoms with E-state index in [9.17, 15) is 9.59 Å². The highest BCUT2D eigenvalue weighted by molar-refractivity contribution is 7.10. The normalized spacial score (nSPS) is 35.2. The summed E-state index contributed by atoms with van der Waals surface area (Å²) < 4.78 is 0. The topological polar surface area (TPSA) is 41.8 Å². The molecule has 0 bridgehead atoms. The Balaban J connectivity index is 1.39. The van der Waals surface area contributed by atoms with Crippen LogP contribution in [0.3, 0.4) is 0 Å². The molecular formula is C19H23N2O2S+. The van der Waals surface area contributed by atoms with Crippen molar-refractivity contribution in [2.24, 2.45) is 17.8 Å². The zero-order valence-electron chi connectivity index (χ0n) is 13.7. The summed E-state index contributed by atoms with van der Waals surface area (Å²) in [4.78, 5) is 30.1. The van der Waals surface area contributed by atoms with Gasteiger partial charge in [0.1, 0.15) is 6.04 Å². The number of hydrogen-bond acceptors (Lipinski definition) is 3. The minimum atomic E-state index is -0.0947. The Bertz CT molecular complexity index is 695. The molecule has 1 aromatic rings.